The molecule has 132 valence electrons. The Balaban J connectivity index is 1.97. The molecule has 2 aliphatic rings. The first kappa shape index (κ1) is 17.9. The Morgan fingerprint density at radius 1 is 1.35 bits per heavy atom. The van der Waals surface area contributed by atoms with Crippen molar-refractivity contribution >= 4 is 12.0 Å². The monoisotopic (exact) mass is 334 g/mol. The molecule has 1 atom stereocenters. The zero-order valence-electron chi connectivity index (χ0n) is 13.7. The summed E-state index contributed by atoms with van der Waals surface area (Å²) in [6.45, 7) is 4.45. The molecular weight excluding hydrogens is 310 g/mol. The van der Waals surface area contributed by atoms with Gasteiger partial charge in [0.25, 0.3) is 5.91 Å². The lowest BCUT2D eigenvalue weighted by atomic mass is 9.94. The number of alkyl halides is 2. The third kappa shape index (κ3) is 4.10. The van der Waals surface area contributed by atoms with E-state index in [1.54, 1.807) is 20.8 Å². The lowest BCUT2D eigenvalue weighted by molar-refractivity contribution is -0.188. The molecule has 0 aromatic carbocycles. The SMILES string of the molecule is CC(C)(C)OC(=O)N1CCC(O)(C(F)(F)C(=O)NCC2CC2)C1. The van der Waals surface area contributed by atoms with Crippen molar-refractivity contribution in [3.63, 3.8) is 0 Å². The van der Waals surface area contributed by atoms with E-state index in [-0.39, 0.29) is 25.4 Å². The molecule has 2 fully saturated rings. The number of amides is 2. The van der Waals surface area contributed by atoms with Crippen LogP contribution >= 0.6 is 0 Å². The molecule has 8 heteroatoms. The van der Waals surface area contributed by atoms with Crippen LogP contribution in [0.3, 0.4) is 0 Å². The van der Waals surface area contributed by atoms with Crippen LogP contribution in [0.15, 0.2) is 0 Å². The van der Waals surface area contributed by atoms with Gasteiger partial charge in [0, 0.05) is 19.5 Å². The van der Waals surface area contributed by atoms with Gasteiger partial charge in [0.15, 0.2) is 5.60 Å². The van der Waals surface area contributed by atoms with Crippen molar-refractivity contribution in [3.05, 3.63) is 0 Å². The Bertz CT molecular complexity index is 488. The fourth-order valence-electron chi connectivity index (χ4n) is 2.41. The van der Waals surface area contributed by atoms with Gasteiger partial charge in [0.1, 0.15) is 5.60 Å². The molecule has 2 N–H and O–H groups in total. The molecule has 0 aromatic rings. The van der Waals surface area contributed by atoms with Gasteiger partial charge in [-0.2, -0.15) is 8.78 Å². The molecule has 1 saturated heterocycles. The maximum Gasteiger partial charge on any atom is 0.410 e. The number of β-amino-alcohol motifs (C(OH)–C–C–N with tert-alkyl or cyclic N) is 1. The summed E-state index contributed by atoms with van der Waals surface area (Å²) in [7, 11) is 0. The molecule has 1 aliphatic carbocycles. The summed E-state index contributed by atoms with van der Waals surface area (Å²) in [6.07, 6.45) is 0.684. The Morgan fingerprint density at radius 2 is 1.96 bits per heavy atom. The molecule has 0 spiro atoms. The fourth-order valence-corrected chi connectivity index (χ4v) is 2.41. The predicted molar refractivity (Wildman–Crippen MR) is 78.1 cm³/mol. The predicted octanol–water partition coefficient (Wildman–Crippen LogP) is 1.52. The molecule has 1 unspecified atom stereocenters. The maximum absolute atomic E-state index is 14.3. The van der Waals surface area contributed by atoms with Gasteiger partial charge in [-0.25, -0.2) is 4.79 Å². The third-order valence-electron chi connectivity index (χ3n) is 4.02. The highest BCUT2D eigenvalue weighted by molar-refractivity contribution is 5.85. The second-order valence-corrected chi connectivity index (χ2v) is 7.41. The van der Waals surface area contributed by atoms with Gasteiger partial charge in [-0.3, -0.25) is 4.79 Å². The van der Waals surface area contributed by atoms with E-state index in [1.165, 1.54) is 0 Å². The first-order chi connectivity index (χ1) is 10.4. The molecule has 0 bridgehead atoms. The second kappa shape index (κ2) is 5.89. The highest BCUT2D eigenvalue weighted by Gasteiger charge is 2.61. The number of likely N-dealkylation sites (tertiary alicyclic amines) is 1. The highest BCUT2D eigenvalue weighted by Crippen LogP contribution is 2.37. The second-order valence-electron chi connectivity index (χ2n) is 7.41. The van der Waals surface area contributed by atoms with Crippen molar-refractivity contribution in [3.8, 4) is 0 Å². The number of hydrogen-bond donors (Lipinski definition) is 2. The summed E-state index contributed by atoms with van der Waals surface area (Å²) in [5.74, 6) is -5.19. The number of hydrogen-bond acceptors (Lipinski definition) is 4. The molecule has 0 radical (unpaired) electrons. The average molecular weight is 334 g/mol. The van der Waals surface area contributed by atoms with Crippen molar-refractivity contribution in [2.75, 3.05) is 19.6 Å². The molecule has 23 heavy (non-hydrogen) atoms. The number of carbonyl (C=O) groups is 2. The lowest BCUT2D eigenvalue weighted by Crippen LogP contribution is -2.59. The topological polar surface area (TPSA) is 78.9 Å². The summed E-state index contributed by atoms with van der Waals surface area (Å²) in [4.78, 5) is 24.7. The normalized spacial score (nSPS) is 25.4. The van der Waals surface area contributed by atoms with E-state index in [4.69, 9.17) is 4.74 Å². The Kier molecular flexibility index (Phi) is 4.58. The zero-order valence-corrected chi connectivity index (χ0v) is 13.7. The van der Waals surface area contributed by atoms with Crippen LogP contribution in [-0.4, -0.2) is 58.8 Å². The molecule has 0 aromatic heterocycles. The molecule has 1 saturated carbocycles. The van der Waals surface area contributed by atoms with E-state index >= 15 is 0 Å². The van der Waals surface area contributed by atoms with Crippen LogP contribution in [0.4, 0.5) is 13.6 Å². The third-order valence-corrected chi connectivity index (χ3v) is 4.02. The first-order valence-electron chi connectivity index (χ1n) is 7.81. The van der Waals surface area contributed by atoms with Crippen LogP contribution in [0.5, 0.6) is 0 Å². The lowest BCUT2D eigenvalue weighted by Gasteiger charge is -2.31. The Morgan fingerprint density at radius 3 is 2.48 bits per heavy atom. The van der Waals surface area contributed by atoms with Crippen LogP contribution in [-0.2, 0) is 9.53 Å². The van der Waals surface area contributed by atoms with Gasteiger partial charge in [0.05, 0.1) is 6.54 Å². The number of halogens is 2. The van der Waals surface area contributed by atoms with Crippen molar-refractivity contribution in [2.24, 2.45) is 5.92 Å². The van der Waals surface area contributed by atoms with Gasteiger partial charge in [0.2, 0.25) is 0 Å². The number of nitrogens with one attached hydrogen (secondary N) is 1. The first-order valence-corrected chi connectivity index (χ1v) is 7.81. The van der Waals surface area contributed by atoms with Crippen molar-refractivity contribution in [2.45, 2.75) is 57.2 Å². The molecule has 2 rings (SSSR count). The summed E-state index contributed by atoms with van der Waals surface area (Å²) >= 11 is 0. The molecular formula is C15H24F2N2O4. The van der Waals surface area contributed by atoms with Crippen LogP contribution < -0.4 is 5.32 Å². The quantitative estimate of drug-likeness (QED) is 0.817. The molecule has 1 heterocycles. The van der Waals surface area contributed by atoms with E-state index in [0.717, 1.165) is 17.7 Å². The van der Waals surface area contributed by atoms with Crippen LogP contribution in [0.2, 0.25) is 0 Å². The van der Waals surface area contributed by atoms with Gasteiger partial charge in [-0.15, -0.1) is 0 Å². The Hall–Kier alpha value is -1.44. The van der Waals surface area contributed by atoms with Crippen LogP contribution in [0.1, 0.15) is 40.0 Å². The van der Waals surface area contributed by atoms with Gasteiger partial charge >= 0.3 is 12.0 Å². The molecule has 6 nitrogen and oxygen atoms in total. The number of ether oxygens (including phenoxy) is 1. The van der Waals surface area contributed by atoms with Gasteiger partial charge in [-0.1, -0.05) is 0 Å². The van der Waals surface area contributed by atoms with E-state index in [0.29, 0.717) is 0 Å². The van der Waals surface area contributed by atoms with E-state index in [1.807, 2.05) is 0 Å². The van der Waals surface area contributed by atoms with E-state index < -0.39 is 35.7 Å². The van der Waals surface area contributed by atoms with Crippen molar-refractivity contribution in [1.82, 2.24) is 10.2 Å². The largest absolute Gasteiger partial charge is 0.444 e. The number of carbonyl (C=O) groups excluding carboxylic acids is 2. The van der Waals surface area contributed by atoms with Crippen molar-refractivity contribution in [1.29, 1.82) is 0 Å². The number of aliphatic hydroxyl groups is 1. The minimum Gasteiger partial charge on any atom is -0.444 e. The average Bonchev–Trinajstić information content (AvgIpc) is 3.14. The summed E-state index contributed by atoms with van der Waals surface area (Å²) < 4.78 is 33.7. The van der Waals surface area contributed by atoms with Gasteiger partial charge in [-0.05, 0) is 39.5 Å². The summed E-state index contributed by atoms with van der Waals surface area (Å²) in [6, 6.07) is 0. The Labute approximate surface area is 134 Å². The number of rotatable bonds is 4. The van der Waals surface area contributed by atoms with Crippen LogP contribution in [0, 0.1) is 5.92 Å². The summed E-state index contributed by atoms with van der Waals surface area (Å²) in [5.41, 5.74) is -3.33. The molecule has 2 amide bonds. The van der Waals surface area contributed by atoms with E-state index in [2.05, 4.69) is 5.32 Å². The smallest absolute Gasteiger partial charge is 0.410 e. The van der Waals surface area contributed by atoms with Gasteiger partial charge < -0.3 is 20.1 Å². The standard InChI is InChI=1S/C15H24F2N2O4/c1-13(2,3)23-12(21)19-7-6-14(22,9-19)15(16,17)11(20)18-8-10-4-5-10/h10,22H,4-9H2,1-3H3,(H,18,20). The maximum atomic E-state index is 14.3. The zero-order chi connectivity index (χ0) is 17.5. The van der Waals surface area contributed by atoms with E-state index in [9.17, 15) is 23.5 Å². The minimum atomic E-state index is -3.96. The van der Waals surface area contributed by atoms with Crippen LogP contribution in [0.25, 0.3) is 0 Å². The minimum absolute atomic E-state index is 0.0864. The molecule has 1 aliphatic heterocycles. The summed E-state index contributed by atoms with van der Waals surface area (Å²) in [5, 5.41) is 12.4. The fraction of sp³-hybridized carbons (Fsp3) is 0.867. The number of nitrogens with zero attached hydrogens (tertiary/aromatic N) is 1. The van der Waals surface area contributed by atoms with Crippen molar-refractivity contribution < 1.29 is 28.2 Å². The highest BCUT2D eigenvalue weighted by atomic mass is 19.3.